The van der Waals surface area contributed by atoms with E-state index >= 15 is 0 Å². The maximum atomic E-state index is 13.1. The highest BCUT2D eigenvalue weighted by molar-refractivity contribution is 6.10. The summed E-state index contributed by atoms with van der Waals surface area (Å²) < 4.78 is 0. The lowest BCUT2D eigenvalue weighted by molar-refractivity contribution is -0.125. The highest BCUT2D eigenvalue weighted by Gasteiger charge is 2.29. The van der Waals surface area contributed by atoms with E-state index in [4.69, 9.17) is 0 Å². The normalized spacial score (nSPS) is 18.5. The van der Waals surface area contributed by atoms with Crippen LogP contribution in [0.5, 0.6) is 0 Å². The van der Waals surface area contributed by atoms with Crippen molar-refractivity contribution >= 4 is 23.4 Å². The first-order valence-corrected chi connectivity index (χ1v) is 10.7. The molecule has 5 heteroatoms. The molecule has 0 unspecified atom stereocenters. The third kappa shape index (κ3) is 4.81. The van der Waals surface area contributed by atoms with E-state index < -0.39 is 5.91 Å². The van der Waals surface area contributed by atoms with Crippen molar-refractivity contribution in [2.24, 2.45) is 11.8 Å². The molecular formula is C23H31N2O3. The predicted molar refractivity (Wildman–Crippen MR) is 110 cm³/mol. The molecule has 0 bridgehead atoms. The third-order valence-electron chi connectivity index (χ3n) is 6.10. The number of rotatable bonds is 5. The van der Waals surface area contributed by atoms with Crippen LogP contribution in [0.25, 0.3) is 0 Å². The maximum Gasteiger partial charge on any atom is 0.259 e. The molecule has 0 saturated heterocycles. The average molecular weight is 384 g/mol. The van der Waals surface area contributed by atoms with Gasteiger partial charge < -0.3 is 4.90 Å². The molecule has 0 aliphatic heterocycles. The van der Waals surface area contributed by atoms with Crippen LogP contribution in [-0.4, -0.2) is 24.3 Å². The lowest BCUT2D eigenvalue weighted by atomic mass is 9.88. The van der Waals surface area contributed by atoms with Gasteiger partial charge in [-0.2, -0.15) is 0 Å². The zero-order chi connectivity index (χ0) is 19.9. The molecule has 2 fully saturated rings. The van der Waals surface area contributed by atoms with Crippen molar-refractivity contribution in [2.45, 2.75) is 64.2 Å². The number of carbonyl (C=O) groups is 3. The fourth-order valence-electron chi connectivity index (χ4n) is 4.47. The number of anilines is 1. The quantitative estimate of drug-likeness (QED) is 0.772. The van der Waals surface area contributed by atoms with E-state index in [2.05, 4.69) is 12.2 Å². The Balaban J connectivity index is 1.75. The van der Waals surface area contributed by atoms with Crippen LogP contribution in [0, 0.1) is 18.8 Å². The molecule has 1 aromatic carbocycles. The summed E-state index contributed by atoms with van der Waals surface area (Å²) in [4.78, 5) is 40.0. The molecule has 2 saturated carbocycles. The second-order valence-electron chi connectivity index (χ2n) is 8.00. The van der Waals surface area contributed by atoms with Gasteiger partial charge in [0, 0.05) is 18.4 Å². The third-order valence-corrected chi connectivity index (χ3v) is 6.10. The Morgan fingerprint density at radius 2 is 1.46 bits per heavy atom. The second-order valence-corrected chi connectivity index (χ2v) is 8.00. The van der Waals surface area contributed by atoms with Crippen molar-refractivity contribution < 1.29 is 14.4 Å². The second kappa shape index (κ2) is 9.85. The van der Waals surface area contributed by atoms with E-state index in [1.54, 1.807) is 23.1 Å². The van der Waals surface area contributed by atoms with Crippen molar-refractivity contribution in [3.8, 4) is 0 Å². The average Bonchev–Trinajstić information content (AvgIpc) is 2.75. The van der Waals surface area contributed by atoms with Crippen molar-refractivity contribution in [2.75, 3.05) is 11.4 Å². The largest absolute Gasteiger partial charge is 0.311 e. The van der Waals surface area contributed by atoms with E-state index in [9.17, 15) is 14.4 Å². The Bertz CT molecular complexity index is 704. The predicted octanol–water partition coefficient (Wildman–Crippen LogP) is 4.27. The van der Waals surface area contributed by atoms with Gasteiger partial charge in [-0.3, -0.25) is 19.7 Å². The first-order chi connectivity index (χ1) is 13.6. The summed E-state index contributed by atoms with van der Waals surface area (Å²) >= 11 is 0. The number of hydrogen-bond acceptors (Lipinski definition) is 3. The van der Waals surface area contributed by atoms with Gasteiger partial charge in [-0.15, -0.1) is 0 Å². The van der Waals surface area contributed by atoms with Crippen LogP contribution >= 0.6 is 0 Å². The standard InChI is InChI=1S/C23H31N2O3/c1-2-25(23(28)18-13-7-4-8-14-18)20-16-10-9-15-19(20)22(27)24-21(26)17-11-5-3-6-12-17/h9-10,15-18H,1-8,11-14H2,(H,24,26,27). The summed E-state index contributed by atoms with van der Waals surface area (Å²) in [7, 11) is 0. The summed E-state index contributed by atoms with van der Waals surface area (Å²) in [6.45, 7) is 4.18. The lowest BCUT2D eigenvalue weighted by Crippen LogP contribution is -2.40. The Labute approximate surface area is 167 Å². The number of imide groups is 1. The highest BCUT2D eigenvalue weighted by atomic mass is 16.2. The fraction of sp³-hybridized carbons (Fsp3) is 0.565. The molecule has 28 heavy (non-hydrogen) atoms. The first-order valence-electron chi connectivity index (χ1n) is 10.7. The van der Waals surface area contributed by atoms with E-state index in [0.717, 1.165) is 57.8 Å². The summed E-state index contributed by atoms with van der Waals surface area (Å²) in [5.41, 5.74) is 0.904. The maximum absolute atomic E-state index is 13.1. The Morgan fingerprint density at radius 1 is 0.893 bits per heavy atom. The van der Waals surface area contributed by atoms with Crippen LogP contribution in [0.4, 0.5) is 5.69 Å². The minimum absolute atomic E-state index is 0.00418. The highest BCUT2D eigenvalue weighted by Crippen LogP contribution is 2.29. The molecule has 0 spiro atoms. The molecule has 1 N–H and O–H groups in total. The molecule has 1 radical (unpaired) electrons. The minimum atomic E-state index is -0.430. The van der Waals surface area contributed by atoms with Crippen molar-refractivity contribution in [3.63, 3.8) is 0 Å². The van der Waals surface area contributed by atoms with Crippen molar-refractivity contribution in [1.82, 2.24) is 5.32 Å². The number of nitrogens with one attached hydrogen (secondary N) is 1. The number of benzene rings is 1. The minimum Gasteiger partial charge on any atom is -0.311 e. The molecule has 5 nitrogen and oxygen atoms in total. The van der Waals surface area contributed by atoms with Gasteiger partial charge in [0.15, 0.2) is 0 Å². The topological polar surface area (TPSA) is 66.5 Å². The van der Waals surface area contributed by atoms with Crippen LogP contribution in [0.3, 0.4) is 0 Å². The summed E-state index contributed by atoms with van der Waals surface area (Å²) in [6.07, 6.45) is 10.0. The first kappa shape index (κ1) is 20.6. The van der Waals surface area contributed by atoms with Crippen LogP contribution in [0.15, 0.2) is 24.3 Å². The smallest absolute Gasteiger partial charge is 0.259 e. The Hall–Kier alpha value is -2.17. The van der Waals surface area contributed by atoms with Gasteiger partial charge in [-0.25, -0.2) is 0 Å². The molecule has 0 heterocycles. The van der Waals surface area contributed by atoms with Gasteiger partial charge in [-0.1, -0.05) is 50.7 Å². The Kier molecular flexibility index (Phi) is 7.24. The summed E-state index contributed by atoms with van der Waals surface area (Å²) in [5.74, 6) is -0.679. The van der Waals surface area contributed by atoms with Crippen LogP contribution in [0.2, 0.25) is 0 Å². The summed E-state index contributed by atoms with van der Waals surface area (Å²) in [6, 6.07) is 7.02. The molecule has 0 aromatic heterocycles. The van der Waals surface area contributed by atoms with Gasteiger partial charge in [-0.05, 0) is 44.7 Å². The SMILES string of the molecule is [CH2]CN(C(=O)C1CCCCC1)c1ccccc1C(=O)NC(=O)C1CCCCC1. The van der Waals surface area contributed by atoms with E-state index in [1.165, 1.54) is 6.42 Å². The van der Waals surface area contributed by atoms with Crippen molar-refractivity contribution in [1.29, 1.82) is 0 Å². The van der Waals surface area contributed by atoms with E-state index in [0.29, 0.717) is 11.3 Å². The monoisotopic (exact) mass is 383 g/mol. The Morgan fingerprint density at radius 3 is 2.07 bits per heavy atom. The number of amides is 3. The van der Waals surface area contributed by atoms with Gasteiger partial charge in [0.2, 0.25) is 11.8 Å². The van der Waals surface area contributed by atoms with E-state index in [1.807, 2.05) is 6.07 Å². The number of para-hydroxylation sites is 1. The molecule has 3 rings (SSSR count). The van der Waals surface area contributed by atoms with Crippen LogP contribution < -0.4 is 10.2 Å². The molecule has 1 aromatic rings. The fourth-order valence-corrected chi connectivity index (χ4v) is 4.47. The van der Waals surface area contributed by atoms with E-state index in [-0.39, 0.29) is 30.2 Å². The zero-order valence-corrected chi connectivity index (χ0v) is 16.6. The van der Waals surface area contributed by atoms with Gasteiger partial charge in [0.1, 0.15) is 0 Å². The molecule has 0 atom stereocenters. The molecule has 3 amide bonds. The molecule has 151 valence electrons. The van der Waals surface area contributed by atoms with Crippen molar-refractivity contribution in [3.05, 3.63) is 36.8 Å². The van der Waals surface area contributed by atoms with Gasteiger partial charge in [0.05, 0.1) is 11.3 Å². The van der Waals surface area contributed by atoms with Gasteiger partial charge >= 0.3 is 0 Å². The zero-order valence-electron chi connectivity index (χ0n) is 16.6. The van der Waals surface area contributed by atoms with Crippen LogP contribution in [0.1, 0.15) is 74.6 Å². The number of nitrogens with zero attached hydrogens (tertiary/aromatic N) is 1. The van der Waals surface area contributed by atoms with Gasteiger partial charge in [0.25, 0.3) is 5.91 Å². The number of carbonyl (C=O) groups excluding carboxylic acids is 3. The molecule has 2 aliphatic rings. The summed E-state index contributed by atoms with van der Waals surface area (Å²) in [5, 5.41) is 2.57. The number of hydrogen-bond donors (Lipinski definition) is 1. The lowest BCUT2D eigenvalue weighted by Gasteiger charge is -2.29. The molecular weight excluding hydrogens is 352 g/mol. The van der Waals surface area contributed by atoms with Crippen LogP contribution in [-0.2, 0) is 9.59 Å². The molecule has 2 aliphatic carbocycles.